The molecule has 1 aromatic heterocycles. The molecular formula is C29H47N3O4S2. The lowest BCUT2D eigenvalue weighted by atomic mass is 9.89. The summed E-state index contributed by atoms with van der Waals surface area (Å²) in [4.78, 5) is 15.9. The summed E-state index contributed by atoms with van der Waals surface area (Å²) < 4.78 is 11.1. The number of ether oxygens (including phenoxy) is 2. The van der Waals surface area contributed by atoms with Crippen LogP contribution in [0.15, 0.2) is 41.5 Å². The molecule has 0 saturated heterocycles. The lowest BCUT2D eigenvalue weighted by molar-refractivity contribution is 0.183. The van der Waals surface area contributed by atoms with Crippen molar-refractivity contribution in [3.05, 3.63) is 57.7 Å². The van der Waals surface area contributed by atoms with E-state index in [-0.39, 0.29) is 18.0 Å². The van der Waals surface area contributed by atoms with Gasteiger partial charge in [0.05, 0.1) is 23.6 Å². The summed E-state index contributed by atoms with van der Waals surface area (Å²) in [6.45, 7) is 14.6. The number of rotatable bonds is 13. The van der Waals surface area contributed by atoms with Crippen LogP contribution in [0.25, 0.3) is 0 Å². The molecule has 2 aromatic rings. The molecule has 0 aliphatic heterocycles. The molecular weight excluding hydrogens is 518 g/mol. The second kappa shape index (κ2) is 20.4. The summed E-state index contributed by atoms with van der Waals surface area (Å²) in [6, 6.07) is 7.99. The minimum Gasteiger partial charge on any atom is -0.502 e. The second-order valence-corrected chi connectivity index (χ2v) is 10.3. The molecule has 3 unspecified atom stereocenters. The number of nitrogens with zero attached hydrogens (tertiary/aromatic N) is 1. The molecule has 0 bridgehead atoms. The quantitative estimate of drug-likeness (QED) is 0.184. The summed E-state index contributed by atoms with van der Waals surface area (Å²) >= 11 is 1.61. The number of aryl methyl sites for hydroxylation is 1. The average Bonchev–Trinajstić information content (AvgIpc) is 3.29. The molecule has 3 atom stereocenters. The third kappa shape index (κ3) is 15.6. The third-order valence-electron chi connectivity index (χ3n) is 5.36. The Hall–Kier alpha value is -2.62. The van der Waals surface area contributed by atoms with E-state index in [1.165, 1.54) is 10.9 Å². The smallest absolute Gasteiger partial charge is 0.404 e. The minimum atomic E-state index is -1.01. The van der Waals surface area contributed by atoms with E-state index >= 15 is 0 Å². The number of hydrogen-bond donors (Lipinski definition) is 3. The van der Waals surface area contributed by atoms with Crippen molar-refractivity contribution in [3.63, 3.8) is 0 Å². The summed E-state index contributed by atoms with van der Waals surface area (Å²) in [5, 5.41) is 18.7. The molecule has 7 nitrogen and oxygen atoms in total. The number of carboxylic acid groups (broad SMARTS) is 1. The van der Waals surface area contributed by atoms with Gasteiger partial charge in [-0.25, -0.2) is 9.78 Å². The largest absolute Gasteiger partial charge is 0.502 e. The van der Waals surface area contributed by atoms with E-state index in [4.69, 9.17) is 9.47 Å². The van der Waals surface area contributed by atoms with Gasteiger partial charge in [0.1, 0.15) is 12.4 Å². The fourth-order valence-corrected chi connectivity index (χ4v) is 4.29. The van der Waals surface area contributed by atoms with E-state index in [1.807, 2.05) is 57.3 Å². The number of benzene rings is 1. The van der Waals surface area contributed by atoms with Crippen LogP contribution >= 0.6 is 22.3 Å². The van der Waals surface area contributed by atoms with Crippen molar-refractivity contribution < 1.29 is 19.4 Å². The number of allylic oxidation sites excluding steroid dienone is 1. The van der Waals surface area contributed by atoms with Gasteiger partial charge in [-0.15, -0.1) is 11.3 Å². The Morgan fingerprint density at radius 1 is 1.21 bits per heavy atom. The van der Waals surface area contributed by atoms with Gasteiger partial charge in [-0.3, -0.25) is 0 Å². The predicted octanol–water partition coefficient (Wildman–Crippen LogP) is 6.76. The molecule has 0 saturated carbocycles. The Kier molecular flexibility index (Phi) is 19.0. The van der Waals surface area contributed by atoms with E-state index in [0.717, 1.165) is 34.2 Å². The van der Waals surface area contributed by atoms with Crippen LogP contribution in [0.5, 0.6) is 5.75 Å². The van der Waals surface area contributed by atoms with E-state index in [9.17, 15) is 9.90 Å². The van der Waals surface area contributed by atoms with E-state index in [2.05, 4.69) is 54.2 Å². The molecule has 0 spiro atoms. The standard InChI is InChI=1S/C25H37N3O4S.C2H4S.C2H6/c1-16(2)26-21(12-18(4)31-6)11-17(3)24(28-25(29)30)13-20-7-9-23(10-8-20)32-14-22-15-33-19(5)27-22;1-3-2;1-2/h7-10,12,15-17,21,24,26,28H,11,13-14H2,1-6H3,(H,29,30);1-2H2;1-2H3/b18-12+;;. The first-order valence-corrected chi connectivity index (χ1v) is 14.9. The first-order valence-electron chi connectivity index (χ1n) is 12.8. The van der Waals surface area contributed by atoms with Crippen molar-refractivity contribution in [3.8, 4) is 5.75 Å². The highest BCUT2D eigenvalue weighted by Crippen LogP contribution is 2.21. The monoisotopic (exact) mass is 565 g/mol. The Morgan fingerprint density at radius 2 is 1.82 bits per heavy atom. The van der Waals surface area contributed by atoms with Crippen LogP contribution in [0.2, 0.25) is 0 Å². The number of aromatic nitrogens is 1. The molecule has 0 aliphatic rings. The molecule has 1 heterocycles. The topological polar surface area (TPSA) is 92.7 Å². The SMILES string of the molecule is C=S=C.CC.CO/C(C)=C/C(CC(C)C(Cc1ccc(OCc2csc(C)n2)cc1)NC(=O)O)NC(C)C. The molecule has 2 rings (SSSR count). The molecule has 1 amide bonds. The Labute approximate surface area is 237 Å². The Bertz CT molecular complexity index is 984. The minimum absolute atomic E-state index is 0.0863. The van der Waals surface area contributed by atoms with Gasteiger partial charge >= 0.3 is 6.09 Å². The number of thiazole rings is 1. The zero-order valence-electron chi connectivity index (χ0n) is 24.2. The maximum absolute atomic E-state index is 11.5. The number of hydrogen-bond acceptors (Lipinski definition) is 6. The van der Waals surface area contributed by atoms with Crippen LogP contribution in [0.3, 0.4) is 0 Å². The molecule has 3 N–H and O–H groups in total. The van der Waals surface area contributed by atoms with Crippen molar-refractivity contribution in [2.45, 2.75) is 86.0 Å². The fraction of sp³-hybridized carbons (Fsp3) is 0.517. The summed E-state index contributed by atoms with van der Waals surface area (Å²) in [5.74, 6) is 8.29. The number of carbonyl (C=O) groups is 1. The van der Waals surface area contributed by atoms with Gasteiger partial charge in [-0.05, 0) is 68.1 Å². The van der Waals surface area contributed by atoms with E-state index in [0.29, 0.717) is 19.1 Å². The number of nitrogens with one attached hydrogen (secondary N) is 2. The average molecular weight is 566 g/mol. The summed E-state index contributed by atoms with van der Waals surface area (Å²) in [5.41, 5.74) is 1.97. The Morgan fingerprint density at radius 3 is 2.29 bits per heavy atom. The number of amides is 1. The van der Waals surface area contributed by atoms with Crippen molar-refractivity contribution in [1.29, 1.82) is 0 Å². The van der Waals surface area contributed by atoms with Crippen LogP contribution < -0.4 is 15.4 Å². The Balaban J connectivity index is 0.00000255. The van der Waals surface area contributed by atoms with Crippen LogP contribution in [-0.2, 0) is 17.8 Å². The zero-order valence-corrected chi connectivity index (χ0v) is 25.9. The molecule has 0 radical (unpaired) electrons. The zero-order chi connectivity index (χ0) is 29.1. The highest BCUT2D eigenvalue weighted by atomic mass is 32.1. The first-order chi connectivity index (χ1) is 18.1. The highest BCUT2D eigenvalue weighted by molar-refractivity contribution is 7.93. The van der Waals surface area contributed by atoms with Gasteiger partial charge in [0.2, 0.25) is 0 Å². The van der Waals surface area contributed by atoms with Gasteiger partial charge in [-0.2, -0.15) is 10.9 Å². The lowest BCUT2D eigenvalue weighted by Gasteiger charge is -2.28. The summed E-state index contributed by atoms with van der Waals surface area (Å²) in [7, 11) is 2.90. The molecule has 38 heavy (non-hydrogen) atoms. The second-order valence-electron chi connectivity index (χ2n) is 8.88. The van der Waals surface area contributed by atoms with Crippen LogP contribution in [0.1, 0.15) is 64.2 Å². The molecule has 0 fully saturated rings. The normalized spacial score (nSPS) is 13.1. The van der Waals surface area contributed by atoms with Gasteiger partial charge in [0, 0.05) is 23.5 Å². The maximum Gasteiger partial charge on any atom is 0.404 e. The molecule has 214 valence electrons. The van der Waals surface area contributed by atoms with Gasteiger partial charge in [0.25, 0.3) is 0 Å². The first kappa shape index (κ1) is 35.4. The molecule has 1 aromatic carbocycles. The van der Waals surface area contributed by atoms with Crippen LogP contribution in [0.4, 0.5) is 4.79 Å². The van der Waals surface area contributed by atoms with Crippen LogP contribution in [-0.4, -0.2) is 53.2 Å². The van der Waals surface area contributed by atoms with Crippen molar-refractivity contribution in [1.82, 2.24) is 15.6 Å². The van der Waals surface area contributed by atoms with E-state index in [1.54, 1.807) is 18.4 Å². The number of methoxy groups -OCH3 is 1. The molecule has 0 aliphatic carbocycles. The molecule has 9 heteroatoms. The van der Waals surface area contributed by atoms with Crippen molar-refractivity contribution in [2.75, 3.05) is 7.11 Å². The summed E-state index contributed by atoms with van der Waals surface area (Å²) in [6.07, 6.45) is 2.42. The van der Waals surface area contributed by atoms with Gasteiger partial charge in [0.15, 0.2) is 0 Å². The van der Waals surface area contributed by atoms with Gasteiger partial charge in [-0.1, -0.05) is 46.8 Å². The lowest BCUT2D eigenvalue weighted by Crippen LogP contribution is -2.43. The predicted molar refractivity (Wildman–Crippen MR) is 166 cm³/mol. The maximum atomic E-state index is 11.5. The highest BCUT2D eigenvalue weighted by Gasteiger charge is 2.23. The third-order valence-corrected chi connectivity index (χ3v) is 6.18. The van der Waals surface area contributed by atoms with E-state index < -0.39 is 6.09 Å². The van der Waals surface area contributed by atoms with Crippen molar-refractivity contribution in [2.24, 2.45) is 5.92 Å². The van der Waals surface area contributed by atoms with Crippen molar-refractivity contribution >= 4 is 40.1 Å². The van der Waals surface area contributed by atoms with Crippen LogP contribution in [0, 0.1) is 12.8 Å². The van der Waals surface area contributed by atoms with Gasteiger partial charge < -0.3 is 25.2 Å². The fourth-order valence-electron chi connectivity index (χ4n) is 3.69.